The molecule has 2 unspecified atom stereocenters. The van der Waals surface area contributed by atoms with Crippen LogP contribution >= 0.6 is 0 Å². The molecule has 0 bridgehead atoms. The first-order valence-corrected chi connectivity index (χ1v) is 12.6. The molecule has 1 aliphatic heterocycles. The van der Waals surface area contributed by atoms with E-state index in [1.807, 2.05) is 0 Å². The number of phenolic OH excluding ortho intramolecular Hbond substituents is 1. The number of nitrogens with one attached hydrogen (secondary N) is 3. The van der Waals surface area contributed by atoms with E-state index in [0.717, 1.165) is 12.1 Å². The second kappa shape index (κ2) is 12.6. The van der Waals surface area contributed by atoms with Gasteiger partial charge in [0.1, 0.15) is 5.75 Å². The number of alkyl halides is 3. The quantitative estimate of drug-likeness (QED) is 0.222. The van der Waals surface area contributed by atoms with Gasteiger partial charge in [-0.15, -0.1) is 0 Å². The monoisotopic (exact) mass is 580 g/mol. The van der Waals surface area contributed by atoms with Crippen LogP contribution in [-0.2, 0) is 15.2 Å². The van der Waals surface area contributed by atoms with Crippen molar-refractivity contribution < 1.29 is 48.0 Å². The van der Waals surface area contributed by atoms with Gasteiger partial charge in [0.15, 0.2) is 17.3 Å². The molecule has 0 saturated carbocycles. The van der Waals surface area contributed by atoms with Crippen molar-refractivity contribution >= 4 is 29.3 Å². The molecule has 1 heterocycles. The number of aliphatic carboxylic acids is 1. The number of carbonyl (C=O) groups is 3. The molecule has 1 amide bonds. The number of aliphatic hydroxyl groups is 2. The Kier molecular flexibility index (Phi) is 9.61. The number of hydrogen-bond acceptors (Lipinski definition) is 9. The van der Waals surface area contributed by atoms with Gasteiger partial charge in [0.25, 0.3) is 5.91 Å². The Morgan fingerprint density at radius 3 is 2.44 bits per heavy atom. The van der Waals surface area contributed by atoms with Crippen LogP contribution in [-0.4, -0.2) is 76.0 Å². The lowest BCUT2D eigenvalue weighted by molar-refractivity contribution is -0.258. The van der Waals surface area contributed by atoms with Gasteiger partial charge in [-0.1, -0.05) is 23.8 Å². The van der Waals surface area contributed by atoms with Crippen LogP contribution in [0.1, 0.15) is 52.7 Å². The van der Waals surface area contributed by atoms with Gasteiger partial charge >= 0.3 is 12.1 Å². The van der Waals surface area contributed by atoms with Gasteiger partial charge < -0.3 is 36.4 Å². The molecule has 222 valence electrons. The fourth-order valence-corrected chi connectivity index (χ4v) is 4.21. The van der Waals surface area contributed by atoms with E-state index in [9.17, 15) is 48.0 Å². The van der Waals surface area contributed by atoms with Gasteiger partial charge in [-0.05, 0) is 37.1 Å². The Bertz CT molecular complexity index is 1340. The highest BCUT2D eigenvalue weighted by Gasteiger charge is 2.51. The number of guanidine groups is 1. The van der Waals surface area contributed by atoms with E-state index in [2.05, 4.69) is 20.9 Å². The molecule has 7 N–H and O–H groups in total. The number of aromatic hydroxyl groups is 1. The number of aliphatic imine (C=N–C) groups is 1. The first kappa shape index (κ1) is 31.4. The van der Waals surface area contributed by atoms with Gasteiger partial charge in [-0.3, -0.25) is 19.4 Å². The Morgan fingerprint density at radius 2 is 1.83 bits per heavy atom. The van der Waals surface area contributed by atoms with E-state index >= 15 is 0 Å². The van der Waals surface area contributed by atoms with Crippen LogP contribution in [0.2, 0.25) is 0 Å². The number of β-amino-alcohol motifs (C(OH)–C–C–N with tert-alkyl or cyclic N) is 1. The van der Waals surface area contributed by atoms with Gasteiger partial charge in [-0.25, -0.2) is 0 Å². The molecule has 0 aromatic heterocycles. The SMILES string of the molecule is Cc1cc([C@H](CC(=O)O)CC(=O)CNC(=O)c2cc(O)cc(NC3=NCC(O)CN3)c2)cc(C(C)(O)C(F)(F)F)c1. The molecule has 2 aromatic carbocycles. The standard InChI is InChI=1S/C27H31F3N4O7/c1-14-3-15(5-18(4-14)26(2,41)27(28,29)30)16(9-23(38)39)7-21(36)11-31-24(40)17-6-19(10-20(35)8-17)34-25-32-12-22(37)13-33-25/h3-6,8,10,16,22,35,37,41H,7,9,11-13H2,1-2H3,(H,31,40)(H,38,39)(H2,32,33,34)/t16-,26?/m0/s1. The zero-order valence-electron chi connectivity index (χ0n) is 22.2. The number of carboxylic acid groups (broad SMARTS) is 1. The molecule has 3 rings (SSSR count). The molecule has 0 saturated heterocycles. The summed E-state index contributed by atoms with van der Waals surface area (Å²) in [4.78, 5) is 41.0. The van der Waals surface area contributed by atoms with Crippen LogP contribution in [0, 0.1) is 6.92 Å². The molecule has 3 atom stereocenters. The van der Waals surface area contributed by atoms with Gasteiger partial charge in [-0.2, -0.15) is 13.2 Å². The zero-order valence-corrected chi connectivity index (χ0v) is 22.2. The van der Waals surface area contributed by atoms with Crippen molar-refractivity contribution in [3.63, 3.8) is 0 Å². The first-order valence-electron chi connectivity index (χ1n) is 12.6. The average Bonchev–Trinajstić information content (AvgIpc) is 2.86. The highest BCUT2D eigenvalue weighted by Crippen LogP contribution is 2.40. The topological polar surface area (TPSA) is 181 Å². The van der Waals surface area contributed by atoms with Gasteiger partial charge in [0, 0.05) is 36.2 Å². The fourth-order valence-electron chi connectivity index (χ4n) is 4.21. The second-order valence-corrected chi connectivity index (χ2v) is 10.0. The molecule has 0 spiro atoms. The summed E-state index contributed by atoms with van der Waals surface area (Å²) in [7, 11) is 0. The minimum absolute atomic E-state index is 0.00321. The lowest BCUT2D eigenvalue weighted by atomic mass is 9.85. The lowest BCUT2D eigenvalue weighted by Crippen LogP contribution is -2.42. The predicted octanol–water partition coefficient (Wildman–Crippen LogP) is 2.15. The summed E-state index contributed by atoms with van der Waals surface area (Å²) in [5, 5.41) is 47.1. The molecule has 0 aliphatic carbocycles. The Balaban J connectivity index is 1.71. The summed E-state index contributed by atoms with van der Waals surface area (Å²) < 4.78 is 40.3. The number of aryl methyl sites for hydroxylation is 1. The maximum absolute atomic E-state index is 13.4. The summed E-state index contributed by atoms with van der Waals surface area (Å²) in [5.41, 5.74) is -2.93. The third-order valence-electron chi connectivity index (χ3n) is 6.43. The van der Waals surface area contributed by atoms with Crippen molar-refractivity contribution in [1.29, 1.82) is 0 Å². The molecule has 1 aliphatic rings. The Morgan fingerprint density at radius 1 is 1.12 bits per heavy atom. The summed E-state index contributed by atoms with van der Waals surface area (Å²) in [6.07, 6.45) is -6.62. The van der Waals surface area contributed by atoms with E-state index in [0.29, 0.717) is 24.1 Å². The number of anilines is 1. The Labute approximate surface area is 233 Å². The average molecular weight is 581 g/mol. The highest BCUT2D eigenvalue weighted by atomic mass is 19.4. The normalized spacial score (nSPS) is 17.4. The number of phenols is 1. The molecule has 41 heavy (non-hydrogen) atoms. The lowest BCUT2D eigenvalue weighted by Gasteiger charge is -2.28. The first-order chi connectivity index (χ1) is 19.0. The number of hydrogen-bond donors (Lipinski definition) is 7. The van der Waals surface area contributed by atoms with E-state index in [1.54, 1.807) is 0 Å². The van der Waals surface area contributed by atoms with Crippen molar-refractivity contribution in [2.24, 2.45) is 4.99 Å². The number of rotatable bonds is 10. The van der Waals surface area contributed by atoms with Crippen LogP contribution in [0.15, 0.2) is 41.4 Å². The fraction of sp³-hybridized carbons (Fsp3) is 0.407. The highest BCUT2D eigenvalue weighted by molar-refractivity contribution is 6.00. The van der Waals surface area contributed by atoms with Crippen molar-refractivity contribution in [3.8, 4) is 5.75 Å². The minimum atomic E-state index is -5.00. The molecule has 0 radical (unpaired) electrons. The number of amides is 1. The second-order valence-electron chi connectivity index (χ2n) is 10.0. The van der Waals surface area contributed by atoms with E-state index in [1.165, 1.54) is 31.2 Å². The van der Waals surface area contributed by atoms with E-state index in [4.69, 9.17) is 0 Å². The number of halogens is 3. The van der Waals surface area contributed by atoms with Gasteiger partial charge in [0.05, 0.1) is 25.6 Å². The molecular weight excluding hydrogens is 549 g/mol. The number of carboxylic acids is 1. The largest absolute Gasteiger partial charge is 0.508 e. The molecular formula is C27H31F3N4O7. The molecule has 0 fully saturated rings. The van der Waals surface area contributed by atoms with Crippen molar-refractivity contribution in [2.75, 3.05) is 25.0 Å². The number of nitrogens with zero attached hydrogens (tertiary/aromatic N) is 1. The minimum Gasteiger partial charge on any atom is -0.508 e. The maximum Gasteiger partial charge on any atom is 0.421 e. The number of ketones is 1. The van der Waals surface area contributed by atoms with Crippen LogP contribution < -0.4 is 16.0 Å². The smallest absolute Gasteiger partial charge is 0.421 e. The van der Waals surface area contributed by atoms with Crippen LogP contribution in [0.25, 0.3) is 0 Å². The number of Topliss-reactive ketones (excluding diaryl/α,β-unsaturated/α-hetero) is 1. The summed E-state index contributed by atoms with van der Waals surface area (Å²) in [6.45, 7) is 1.98. The maximum atomic E-state index is 13.4. The summed E-state index contributed by atoms with van der Waals surface area (Å²) >= 11 is 0. The number of carbonyl (C=O) groups excluding carboxylic acids is 2. The van der Waals surface area contributed by atoms with Gasteiger partial charge in [0.2, 0.25) is 0 Å². The summed E-state index contributed by atoms with van der Waals surface area (Å²) in [6, 6.07) is 7.51. The van der Waals surface area contributed by atoms with Crippen LogP contribution in [0.3, 0.4) is 0 Å². The van der Waals surface area contributed by atoms with Crippen molar-refractivity contribution in [3.05, 3.63) is 58.7 Å². The van der Waals surface area contributed by atoms with Crippen molar-refractivity contribution in [1.82, 2.24) is 10.6 Å². The van der Waals surface area contributed by atoms with E-state index in [-0.39, 0.29) is 30.0 Å². The van der Waals surface area contributed by atoms with E-state index < -0.39 is 66.4 Å². The summed E-state index contributed by atoms with van der Waals surface area (Å²) in [5.74, 6) is -3.56. The van der Waals surface area contributed by atoms with Crippen LogP contribution in [0.4, 0.5) is 18.9 Å². The number of benzene rings is 2. The zero-order chi connectivity index (χ0) is 30.5. The molecule has 2 aromatic rings. The number of aliphatic hydroxyl groups excluding tert-OH is 1. The predicted molar refractivity (Wildman–Crippen MR) is 142 cm³/mol. The third-order valence-corrected chi connectivity index (χ3v) is 6.43. The van der Waals surface area contributed by atoms with Crippen LogP contribution in [0.5, 0.6) is 5.75 Å². The third kappa shape index (κ3) is 8.41. The van der Waals surface area contributed by atoms with Crippen molar-refractivity contribution in [2.45, 2.75) is 50.5 Å². The Hall–Kier alpha value is -4.17. The molecule has 11 nitrogen and oxygen atoms in total. The molecule has 14 heteroatoms.